The van der Waals surface area contributed by atoms with Gasteiger partial charge in [-0.05, 0) is 31.6 Å². The number of rotatable bonds is 5. The van der Waals surface area contributed by atoms with Crippen molar-refractivity contribution in [1.82, 2.24) is 10.2 Å². The number of carbonyl (C=O) groups excluding carboxylic acids is 1. The summed E-state index contributed by atoms with van der Waals surface area (Å²) in [5.74, 6) is 1.07. The predicted molar refractivity (Wildman–Crippen MR) is 89.1 cm³/mol. The lowest BCUT2D eigenvalue weighted by molar-refractivity contribution is -0.126. The highest BCUT2D eigenvalue weighted by Gasteiger charge is 2.38. The average molecular weight is 324 g/mol. The molecule has 0 unspecified atom stereocenters. The van der Waals surface area contributed by atoms with Crippen LogP contribution in [0.25, 0.3) is 0 Å². The molecule has 3 atom stereocenters. The maximum Gasteiger partial charge on any atom is 0.234 e. The molecule has 0 aromatic heterocycles. The van der Waals surface area contributed by atoms with Gasteiger partial charge in [-0.3, -0.25) is 9.69 Å². The molecular weight excluding hydrogens is 292 g/mol. The molecule has 3 rings (SSSR count). The number of hydrogen-bond acceptors (Lipinski definition) is 4. The normalized spacial score (nSPS) is 33.7. The second kappa shape index (κ2) is 8.45. The summed E-state index contributed by atoms with van der Waals surface area (Å²) in [6, 6.07) is 0.196. The molecule has 1 saturated heterocycles. The molecule has 3 fully saturated rings. The zero-order valence-electron chi connectivity index (χ0n) is 14.2. The summed E-state index contributed by atoms with van der Waals surface area (Å²) in [4.78, 5) is 14.6. The predicted octanol–water partition coefficient (Wildman–Crippen LogP) is 1.54. The van der Waals surface area contributed by atoms with E-state index in [0.717, 1.165) is 32.4 Å². The maximum absolute atomic E-state index is 12.3. The molecule has 1 aliphatic heterocycles. The van der Waals surface area contributed by atoms with Crippen molar-refractivity contribution >= 4 is 5.91 Å². The molecule has 5 nitrogen and oxygen atoms in total. The van der Waals surface area contributed by atoms with Crippen molar-refractivity contribution in [2.75, 3.05) is 32.8 Å². The van der Waals surface area contributed by atoms with E-state index in [9.17, 15) is 9.90 Å². The van der Waals surface area contributed by atoms with Gasteiger partial charge in [0.05, 0.1) is 25.9 Å². The van der Waals surface area contributed by atoms with Gasteiger partial charge in [-0.1, -0.05) is 25.7 Å². The van der Waals surface area contributed by atoms with Crippen molar-refractivity contribution in [2.45, 2.75) is 63.5 Å². The summed E-state index contributed by atoms with van der Waals surface area (Å²) in [5, 5.41) is 13.3. The van der Waals surface area contributed by atoms with E-state index in [-0.39, 0.29) is 24.0 Å². The molecule has 1 amide bonds. The minimum absolute atomic E-state index is 0.134. The van der Waals surface area contributed by atoms with E-state index in [2.05, 4.69) is 10.2 Å². The van der Waals surface area contributed by atoms with Gasteiger partial charge >= 0.3 is 0 Å². The number of morpholine rings is 1. The smallest absolute Gasteiger partial charge is 0.234 e. The molecular formula is C18H32N2O3. The van der Waals surface area contributed by atoms with Crippen LogP contribution in [0.15, 0.2) is 0 Å². The number of nitrogens with one attached hydrogen (secondary N) is 1. The Morgan fingerprint density at radius 3 is 2.70 bits per heavy atom. The van der Waals surface area contributed by atoms with Crippen molar-refractivity contribution in [3.63, 3.8) is 0 Å². The van der Waals surface area contributed by atoms with Crippen LogP contribution >= 0.6 is 0 Å². The summed E-state index contributed by atoms with van der Waals surface area (Å²) >= 11 is 0. The SMILES string of the molecule is O=C(CN1CCOC[C@@H]1[C@@H]1CCC[C@H]1O)NCC1CCCCC1. The number of aliphatic hydroxyl groups is 1. The van der Waals surface area contributed by atoms with E-state index < -0.39 is 0 Å². The second-order valence-electron chi connectivity index (χ2n) is 7.58. The van der Waals surface area contributed by atoms with Crippen molar-refractivity contribution in [3.05, 3.63) is 0 Å². The zero-order valence-corrected chi connectivity index (χ0v) is 14.2. The van der Waals surface area contributed by atoms with Crippen LogP contribution in [-0.2, 0) is 9.53 Å². The molecule has 2 saturated carbocycles. The fourth-order valence-electron chi connectivity index (χ4n) is 4.56. The largest absolute Gasteiger partial charge is 0.393 e. The molecule has 0 aromatic rings. The number of hydrogen-bond donors (Lipinski definition) is 2. The van der Waals surface area contributed by atoms with E-state index in [1.165, 1.54) is 32.1 Å². The standard InChI is InChI=1S/C18H32N2O3/c21-17-8-4-7-15(17)16-13-23-10-9-20(16)12-18(22)19-11-14-5-2-1-3-6-14/h14-17,21H,1-13H2,(H,19,22)/t15-,16+,17+/m0/s1. The van der Waals surface area contributed by atoms with Crippen LogP contribution in [0.2, 0.25) is 0 Å². The van der Waals surface area contributed by atoms with Crippen LogP contribution < -0.4 is 5.32 Å². The summed E-state index contributed by atoms with van der Waals surface area (Å²) in [6.07, 6.45) is 9.29. The zero-order chi connectivity index (χ0) is 16.1. The highest BCUT2D eigenvalue weighted by Crippen LogP contribution is 2.32. The fourth-order valence-corrected chi connectivity index (χ4v) is 4.56. The Bertz CT molecular complexity index is 384. The Kier molecular flexibility index (Phi) is 6.31. The van der Waals surface area contributed by atoms with Gasteiger partial charge in [-0.2, -0.15) is 0 Å². The van der Waals surface area contributed by atoms with Crippen LogP contribution in [0.4, 0.5) is 0 Å². The summed E-state index contributed by atoms with van der Waals surface area (Å²) < 4.78 is 5.63. The van der Waals surface area contributed by atoms with Gasteiger partial charge in [-0.15, -0.1) is 0 Å². The molecule has 0 bridgehead atoms. The van der Waals surface area contributed by atoms with Crippen LogP contribution in [-0.4, -0.2) is 60.9 Å². The van der Waals surface area contributed by atoms with E-state index in [0.29, 0.717) is 25.7 Å². The van der Waals surface area contributed by atoms with Crippen molar-refractivity contribution < 1.29 is 14.6 Å². The van der Waals surface area contributed by atoms with E-state index in [4.69, 9.17) is 4.74 Å². The molecule has 0 aromatic carbocycles. The first-order chi connectivity index (χ1) is 11.2. The van der Waals surface area contributed by atoms with Crippen molar-refractivity contribution in [1.29, 1.82) is 0 Å². The van der Waals surface area contributed by atoms with Gasteiger partial charge in [0.1, 0.15) is 0 Å². The molecule has 2 aliphatic carbocycles. The van der Waals surface area contributed by atoms with Gasteiger partial charge in [0.25, 0.3) is 0 Å². The van der Waals surface area contributed by atoms with Gasteiger partial charge in [0, 0.05) is 25.0 Å². The highest BCUT2D eigenvalue weighted by atomic mass is 16.5. The molecule has 23 heavy (non-hydrogen) atoms. The third kappa shape index (κ3) is 4.68. The van der Waals surface area contributed by atoms with Gasteiger partial charge < -0.3 is 15.2 Å². The number of ether oxygens (including phenoxy) is 1. The van der Waals surface area contributed by atoms with Crippen LogP contribution in [0.5, 0.6) is 0 Å². The molecule has 132 valence electrons. The summed E-state index contributed by atoms with van der Waals surface area (Å²) in [7, 11) is 0. The fraction of sp³-hybridized carbons (Fsp3) is 0.944. The highest BCUT2D eigenvalue weighted by molar-refractivity contribution is 5.78. The Morgan fingerprint density at radius 2 is 1.96 bits per heavy atom. The first-order valence-electron chi connectivity index (χ1n) is 9.50. The van der Waals surface area contributed by atoms with Crippen molar-refractivity contribution in [3.8, 4) is 0 Å². The summed E-state index contributed by atoms with van der Waals surface area (Å²) in [5.41, 5.74) is 0. The molecule has 3 aliphatic rings. The number of carbonyl (C=O) groups is 1. The molecule has 1 heterocycles. The lowest BCUT2D eigenvalue weighted by atomic mass is 9.89. The van der Waals surface area contributed by atoms with Crippen molar-refractivity contribution in [2.24, 2.45) is 11.8 Å². The van der Waals surface area contributed by atoms with Crippen LogP contribution in [0, 0.1) is 11.8 Å². The van der Waals surface area contributed by atoms with E-state index in [1.807, 2.05) is 0 Å². The summed E-state index contributed by atoms with van der Waals surface area (Å²) in [6.45, 7) is 3.42. The van der Waals surface area contributed by atoms with Crippen LogP contribution in [0.1, 0.15) is 51.4 Å². The minimum atomic E-state index is -0.227. The second-order valence-corrected chi connectivity index (χ2v) is 7.58. The third-order valence-electron chi connectivity index (χ3n) is 5.97. The van der Waals surface area contributed by atoms with Gasteiger partial charge in [0.15, 0.2) is 0 Å². The monoisotopic (exact) mass is 324 g/mol. The van der Waals surface area contributed by atoms with E-state index >= 15 is 0 Å². The number of amides is 1. The van der Waals surface area contributed by atoms with E-state index in [1.54, 1.807) is 0 Å². The lowest BCUT2D eigenvalue weighted by Crippen LogP contribution is -2.54. The quantitative estimate of drug-likeness (QED) is 0.805. The van der Waals surface area contributed by atoms with Crippen LogP contribution in [0.3, 0.4) is 0 Å². The molecule has 0 radical (unpaired) electrons. The number of aliphatic hydroxyl groups excluding tert-OH is 1. The Labute approximate surface area is 139 Å². The molecule has 2 N–H and O–H groups in total. The Hall–Kier alpha value is -0.650. The first kappa shape index (κ1) is 17.2. The molecule has 0 spiro atoms. The maximum atomic E-state index is 12.3. The Balaban J connectivity index is 1.47. The Morgan fingerprint density at radius 1 is 1.13 bits per heavy atom. The average Bonchev–Trinajstić information content (AvgIpc) is 3.00. The van der Waals surface area contributed by atoms with Gasteiger partial charge in [-0.25, -0.2) is 0 Å². The topological polar surface area (TPSA) is 61.8 Å². The molecule has 5 heteroatoms. The third-order valence-corrected chi connectivity index (χ3v) is 5.97. The van der Waals surface area contributed by atoms with Gasteiger partial charge in [0.2, 0.25) is 5.91 Å². The number of nitrogens with zero attached hydrogens (tertiary/aromatic N) is 1. The first-order valence-corrected chi connectivity index (χ1v) is 9.50. The minimum Gasteiger partial charge on any atom is -0.393 e. The lowest BCUT2D eigenvalue weighted by Gasteiger charge is -2.39.